The fourth-order valence-electron chi connectivity index (χ4n) is 3.97. The van der Waals surface area contributed by atoms with E-state index in [1.807, 2.05) is 0 Å². The maximum Gasteiger partial charge on any atom is 0.270 e. The van der Waals surface area contributed by atoms with Gasteiger partial charge in [0, 0.05) is 30.7 Å². The molecule has 3 rings (SSSR count). The van der Waals surface area contributed by atoms with Crippen molar-refractivity contribution in [2.75, 3.05) is 13.1 Å². The van der Waals surface area contributed by atoms with E-state index in [4.69, 9.17) is 28.9 Å². The molecule has 186 valence electrons. The van der Waals surface area contributed by atoms with Gasteiger partial charge in [-0.1, -0.05) is 36.0 Å². The Morgan fingerprint density at radius 3 is 2.54 bits per heavy atom. The molecule has 2 aromatic carbocycles. The number of halogens is 2. The Morgan fingerprint density at radius 2 is 1.89 bits per heavy atom. The summed E-state index contributed by atoms with van der Waals surface area (Å²) < 4.78 is 1.42. The first-order valence-corrected chi connectivity index (χ1v) is 12.0. The maximum absolute atomic E-state index is 13.6. The molecule has 0 aliphatic heterocycles. The van der Waals surface area contributed by atoms with E-state index in [0.29, 0.717) is 41.3 Å². The smallest absolute Gasteiger partial charge is 0.270 e. The van der Waals surface area contributed by atoms with E-state index in [-0.39, 0.29) is 21.8 Å². The fourth-order valence-corrected chi connectivity index (χ4v) is 4.39. The Morgan fingerprint density at radius 1 is 1.17 bits per heavy atom. The molecule has 9 nitrogen and oxygen atoms in total. The minimum absolute atomic E-state index is 0.0170. The summed E-state index contributed by atoms with van der Waals surface area (Å²) in [6, 6.07) is 8.02. The lowest BCUT2D eigenvalue weighted by atomic mass is 10.1. The third-order valence-corrected chi connectivity index (χ3v) is 6.47. The number of aromatic nitrogens is 2. The predicted molar refractivity (Wildman–Crippen MR) is 137 cm³/mol. The first kappa shape index (κ1) is 26.6. The highest BCUT2D eigenvalue weighted by atomic mass is 35.5. The van der Waals surface area contributed by atoms with Gasteiger partial charge in [0.25, 0.3) is 17.2 Å². The van der Waals surface area contributed by atoms with Crippen LogP contribution in [0.3, 0.4) is 0 Å². The van der Waals surface area contributed by atoms with Gasteiger partial charge in [-0.2, -0.15) is 0 Å². The van der Waals surface area contributed by atoms with Crippen LogP contribution in [0.4, 0.5) is 5.69 Å². The molecular weight excluding hydrogens is 493 g/mol. The summed E-state index contributed by atoms with van der Waals surface area (Å²) in [5, 5.41) is 11.9. The molecule has 3 aromatic rings. The van der Waals surface area contributed by atoms with Gasteiger partial charge in [-0.15, -0.1) is 0 Å². The van der Waals surface area contributed by atoms with Crippen molar-refractivity contribution in [3.63, 3.8) is 0 Å². The van der Waals surface area contributed by atoms with Gasteiger partial charge in [0.1, 0.15) is 5.82 Å². The van der Waals surface area contributed by atoms with E-state index in [0.717, 1.165) is 25.3 Å². The van der Waals surface area contributed by atoms with Gasteiger partial charge in [0.15, 0.2) is 0 Å². The lowest BCUT2D eigenvalue weighted by molar-refractivity contribution is -0.384. The minimum Gasteiger partial charge on any atom is -0.330 e. The molecule has 1 aromatic heterocycles. The summed E-state index contributed by atoms with van der Waals surface area (Å²) in [6.07, 6.45) is 3.38. The third kappa shape index (κ3) is 5.98. The molecule has 0 saturated carbocycles. The molecule has 2 N–H and O–H groups in total. The molecule has 0 aliphatic carbocycles. The zero-order chi connectivity index (χ0) is 25.7. The molecule has 0 saturated heterocycles. The second-order valence-electron chi connectivity index (χ2n) is 8.29. The summed E-state index contributed by atoms with van der Waals surface area (Å²) in [6.45, 7) is 2.76. The number of hydrogen-bond acceptors (Lipinski definition) is 6. The fraction of sp³-hybridized carbons (Fsp3) is 0.375. The minimum atomic E-state index is -0.593. The van der Waals surface area contributed by atoms with Crippen LogP contribution in [0.15, 0.2) is 41.2 Å². The van der Waals surface area contributed by atoms with Crippen LogP contribution in [-0.2, 0) is 7.05 Å². The van der Waals surface area contributed by atoms with Crippen molar-refractivity contribution in [1.29, 1.82) is 0 Å². The van der Waals surface area contributed by atoms with Crippen LogP contribution in [0, 0.1) is 10.1 Å². The molecule has 1 atom stereocenters. The molecule has 1 unspecified atom stereocenters. The van der Waals surface area contributed by atoms with Gasteiger partial charge in [0.05, 0.1) is 32.5 Å². The van der Waals surface area contributed by atoms with E-state index in [1.54, 1.807) is 37.1 Å². The Hall–Kier alpha value is -3.01. The van der Waals surface area contributed by atoms with Crippen molar-refractivity contribution in [2.45, 2.75) is 38.6 Å². The van der Waals surface area contributed by atoms with Crippen molar-refractivity contribution < 1.29 is 9.72 Å². The van der Waals surface area contributed by atoms with Gasteiger partial charge in [0.2, 0.25) is 0 Å². The van der Waals surface area contributed by atoms with Crippen LogP contribution in [0.2, 0.25) is 10.0 Å². The van der Waals surface area contributed by atoms with Gasteiger partial charge in [-0.25, -0.2) is 4.98 Å². The molecule has 0 bridgehead atoms. The van der Waals surface area contributed by atoms with Gasteiger partial charge < -0.3 is 10.6 Å². The number of carbonyl (C=O) groups excluding carboxylic acids is 1. The highest BCUT2D eigenvalue weighted by molar-refractivity contribution is 6.34. The Balaban J connectivity index is 2.02. The average molecular weight is 520 g/mol. The van der Waals surface area contributed by atoms with E-state index < -0.39 is 16.9 Å². The second-order valence-corrected chi connectivity index (χ2v) is 9.14. The van der Waals surface area contributed by atoms with Gasteiger partial charge in [-0.3, -0.25) is 24.3 Å². The molecule has 35 heavy (non-hydrogen) atoms. The van der Waals surface area contributed by atoms with Crippen LogP contribution in [0.5, 0.6) is 0 Å². The van der Waals surface area contributed by atoms with Crippen LogP contribution < -0.4 is 11.3 Å². The number of nitro groups is 1. The third-order valence-electron chi connectivity index (χ3n) is 5.92. The molecule has 0 aliphatic rings. The average Bonchev–Trinajstić information content (AvgIpc) is 2.82. The number of nitro benzene ring substituents is 1. The molecule has 0 spiro atoms. The Kier molecular flexibility index (Phi) is 8.82. The van der Waals surface area contributed by atoms with Crippen molar-refractivity contribution in [3.05, 3.63) is 78.3 Å². The quantitative estimate of drug-likeness (QED) is 0.231. The van der Waals surface area contributed by atoms with Crippen molar-refractivity contribution >= 4 is 45.7 Å². The SMILES string of the molecule is CC(c1nc2cc(Cl)ccc2c(=O)n1C)N(CCCCCCN)C(=O)c1ccc([N+](=O)[O-])cc1Cl. The van der Waals surface area contributed by atoms with Crippen LogP contribution >= 0.6 is 23.2 Å². The zero-order valence-corrected chi connectivity index (χ0v) is 21.1. The number of benzene rings is 2. The summed E-state index contributed by atoms with van der Waals surface area (Å²) in [4.78, 5) is 43.4. The van der Waals surface area contributed by atoms with E-state index >= 15 is 0 Å². The molecule has 1 amide bonds. The summed E-state index contributed by atoms with van der Waals surface area (Å²) in [7, 11) is 1.61. The normalized spacial score (nSPS) is 12.0. The lowest BCUT2D eigenvalue weighted by Gasteiger charge is -2.30. The van der Waals surface area contributed by atoms with E-state index in [9.17, 15) is 19.7 Å². The zero-order valence-electron chi connectivity index (χ0n) is 19.5. The number of nitrogens with two attached hydrogens (primary N) is 1. The van der Waals surface area contributed by atoms with Crippen molar-refractivity contribution in [2.24, 2.45) is 12.8 Å². The number of hydrogen-bond donors (Lipinski definition) is 1. The van der Waals surface area contributed by atoms with Crippen LogP contribution in [0.1, 0.15) is 54.8 Å². The van der Waals surface area contributed by atoms with Gasteiger partial charge >= 0.3 is 0 Å². The number of carbonyl (C=O) groups is 1. The molecule has 1 heterocycles. The number of unbranched alkanes of at least 4 members (excludes halogenated alkanes) is 3. The molecule has 0 radical (unpaired) electrons. The lowest BCUT2D eigenvalue weighted by Crippen LogP contribution is -2.38. The highest BCUT2D eigenvalue weighted by Gasteiger charge is 2.28. The Labute approximate surface area is 212 Å². The molecule has 11 heteroatoms. The van der Waals surface area contributed by atoms with Gasteiger partial charge in [-0.05, 0) is 50.6 Å². The monoisotopic (exact) mass is 519 g/mol. The van der Waals surface area contributed by atoms with Crippen molar-refractivity contribution in [1.82, 2.24) is 14.5 Å². The second kappa shape index (κ2) is 11.6. The largest absolute Gasteiger partial charge is 0.330 e. The number of non-ortho nitro benzene ring substituents is 1. The van der Waals surface area contributed by atoms with Crippen LogP contribution in [0.25, 0.3) is 10.9 Å². The maximum atomic E-state index is 13.6. The Bertz CT molecular complexity index is 1310. The number of amides is 1. The standard InChI is InChI=1S/C24H27Cl2N5O4/c1-15(22-28-21-13-16(25)7-9-19(21)23(32)29(22)2)30(12-6-4-3-5-11-27)24(33)18-10-8-17(31(34)35)14-20(18)26/h7-10,13-15H,3-6,11-12,27H2,1-2H3. The topological polar surface area (TPSA) is 124 Å². The van der Waals surface area contributed by atoms with Crippen LogP contribution in [-0.4, -0.2) is 38.4 Å². The number of rotatable bonds is 10. The summed E-state index contributed by atoms with van der Waals surface area (Å²) in [5.74, 6) is -0.0187. The first-order valence-electron chi connectivity index (χ1n) is 11.3. The molecular formula is C24H27Cl2N5O4. The van der Waals surface area contributed by atoms with Crippen molar-refractivity contribution in [3.8, 4) is 0 Å². The summed E-state index contributed by atoms with van der Waals surface area (Å²) >= 11 is 12.4. The van der Waals surface area contributed by atoms with E-state index in [2.05, 4.69) is 4.98 Å². The first-order chi connectivity index (χ1) is 16.6. The highest BCUT2D eigenvalue weighted by Crippen LogP contribution is 2.28. The molecule has 0 fully saturated rings. The predicted octanol–water partition coefficient (Wildman–Crippen LogP) is 4.87. The van der Waals surface area contributed by atoms with E-state index in [1.165, 1.54) is 16.7 Å². The number of nitrogens with zero attached hydrogens (tertiary/aromatic N) is 4. The number of fused-ring (bicyclic) bond motifs is 1. The summed E-state index contributed by atoms with van der Waals surface area (Å²) in [5.41, 5.74) is 5.70.